The van der Waals surface area contributed by atoms with Gasteiger partial charge in [0, 0.05) is 5.92 Å². The second-order valence-electron chi connectivity index (χ2n) is 3.56. The molecule has 0 heterocycles. The summed E-state index contributed by atoms with van der Waals surface area (Å²) < 4.78 is 12.9. The predicted molar refractivity (Wildman–Crippen MR) is 49.1 cm³/mol. The maximum atomic E-state index is 12.9. The second-order valence-corrected chi connectivity index (χ2v) is 3.83. The molecule has 3 nitrogen and oxygen atoms in total. The Morgan fingerprint density at radius 2 is 2.00 bits per heavy atom. The molecule has 1 N–H and O–H groups in total. The van der Waals surface area contributed by atoms with Crippen LogP contribution in [0.5, 0.6) is 0 Å². The van der Waals surface area contributed by atoms with E-state index in [-0.39, 0.29) is 24.5 Å². The van der Waals surface area contributed by atoms with Gasteiger partial charge in [0.15, 0.2) is 5.78 Å². The third-order valence-corrected chi connectivity index (χ3v) is 2.91. The molecule has 1 rings (SSSR count). The zero-order valence-corrected chi connectivity index (χ0v) is 8.34. The normalized spacial score (nSPS) is 32.6. The first-order valence-corrected chi connectivity index (χ1v) is 5.05. The van der Waals surface area contributed by atoms with Gasteiger partial charge in [-0.05, 0) is 19.3 Å². The van der Waals surface area contributed by atoms with E-state index in [0.717, 1.165) is 0 Å². The molecule has 0 saturated heterocycles. The molecule has 0 amide bonds. The minimum atomic E-state index is -1.10. The minimum Gasteiger partial charge on any atom is -0.481 e. The van der Waals surface area contributed by atoms with Gasteiger partial charge in [-0.2, -0.15) is 0 Å². The Morgan fingerprint density at radius 3 is 2.50 bits per heavy atom. The summed E-state index contributed by atoms with van der Waals surface area (Å²) in [5.41, 5.74) is 0. The zero-order valence-electron chi connectivity index (χ0n) is 7.58. The Bertz CT molecular complexity index is 244. The summed E-state index contributed by atoms with van der Waals surface area (Å²) >= 11 is 5.36. The molecular weight excluding hydrogens is 211 g/mol. The van der Waals surface area contributed by atoms with Crippen molar-refractivity contribution in [2.45, 2.75) is 25.4 Å². The molecule has 0 bridgehead atoms. The van der Waals surface area contributed by atoms with Crippen LogP contribution in [-0.2, 0) is 9.59 Å². The molecule has 0 spiro atoms. The molecule has 0 aromatic carbocycles. The Kier molecular flexibility index (Phi) is 3.86. The lowest BCUT2D eigenvalue weighted by Gasteiger charge is -2.28. The number of hydrogen-bond donors (Lipinski definition) is 1. The summed E-state index contributed by atoms with van der Waals surface area (Å²) in [6.45, 7) is 0. The van der Waals surface area contributed by atoms with Crippen LogP contribution in [0, 0.1) is 11.8 Å². The fourth-order valence-electron chi connectivity index (χ4n) is 1.88. The SMILES string of the molecule is O=C(O)C1CC(F)CCC1C(=O)CCl. The number of carbonyl (C=O) groups is 2. The lowest BCUT2D eigenvalue weighted by atomic mass is 9.76. The molecule has 0 radical (unpaired) electrons. The van der Waals surface area contributed by atoms with Crippen molar-refractivity contribution in [2.24, 2.45) is 11.8 Å². The van der Waals surface area contributed by atoms with Crippen LogP contribution in [-0.4, -0.2) is 28.9 Å². The molecule has 0 aromatic rings. The van der Waals surface area contributed by atoms with Crippen molar-refractivity contribution < 1.29 is 19.1 Å². The Labute approximate surface area is 86.2 Å². The van der Waals surface area contributed by atoms with Crippen molar-refractivity contribution in [1.82, 2.24) is 0 Å². The zero-order chi connectivity index (χ0) is 10.7. The number of Topliss-reactive ketones (excluding diaryl/α,β-unsaturated/α-hetero) is 1. The smallest absolute Gasteiger partial charge is 0.307 e. The van der Waals surface area contributed by atoms with E-state index < -0.39 is 24.0 Å². The Hall–Kier alpha value is -0.640. The van der Waals surface area contributed by atoms with E-state index in [2.05, 4.69) is 0 Å². The van der Waals surface area contributed by atoms with E-state index in [1.165, 1.54) is 0 Å². The van der Waals surface area contributed by atoms with Gasteiger partial charge in [0.2, 0.25) is 0 Å². The summed E-state index contributed by atoms with van der Waals surface area (Å²) in [5, 5.41) is 8.81. The fraction of sp³-hybridized carbons (Fsp3) is 0.778. The van der Waals surface area contributed by atoms with Gasteiger partial charge in [-0.25, -0.2) is 4.39 Å². The highest BCUT2D eigenvalue weighted by Gasteiger charge is 2.38. The number of carboxylic acids is 1. The first-order valence-electron chi connectivity index (χ1n) is 4.51. The number of hydrogen-bond acceptors (Lipinski definition) is 2. The molecule has 0 aromatic heterocycles. The van der Waals surface area contributed by atoms with E-state index in [1.54, 1.807) is 0 Å². The molecular formula is C9H12ClFO3. The molecule has 80 valence electrons. The van der Waals surface area contributed by atoms with Gasteiger partial charge in [-0.15, -0.1) is 11.6 Å². The van der Waals surface area contributed by atoms with Gasteiger partial charge in [0.1, 0.15) is 6.17 Å². The topological polar surface area (TPSA) is 54.4 Å². The summed E-state index contributed by atoms with van der Waals surface area (Å²) in [7, 11) is 0. The Morgan fingerprint density at radius 1 is 1.36 bits per heavy atom. The van der Waals surface area contributed by atoms with Crippen LogP contribution in [0.15, 0.2) is 0 Å². The number of rotatable bonds is 3. The van der Waals surface area contributed by atoms with Crippen LogP contribution in [0.2, 0.25) is 0 Å². The molecule has 1 aliphatic rings. The number of halogens is 2. The highest BCUT2D eigenvalue weighted by atomic mass is 35.5. The van der Waals surface area contributed by atoms with Crippen molar-refractivity contribution >= 4 is 23.4 Å². The summed E-state index contributed by atoms with van der Waals surface area (Å²) in [6.07, 6.45) is -0.612. The summed E-state index contributed by atoms with van der Waals surface area (Å²) in [6, 6.07) is 0. The van der Waals surface area contributed by atoms with E-state index in [1.807, 2.05) is 0 Å². The van der Waals surface area contributed by atoms with Crippen molar-refractivity contribution in [3.63, 3.8) is 0 Å². The van der Waals surface area contributed by atoms with Crippen LogP contribution in [0.3, 0.4) is 0 Å². The van der Waals surface area contributed by atoms with Gasteiger partial charge >= 0.3 is 5.97 Å². The molecule has 1 fully saturated rings. The summed E-state index contributed by atoms with van der Waals surface area (Å²) in [5.74, 6) is -3.07. The summed E-state index contributed by atoms with van der Waals surface area (Å²) in [4.78, 5) is 22.0. The first kappa shape index (κ1) is 11.4. The number of carbonyl (C=O) groups excluding carboxylic acids is 1. The highest BCUT2D eigenvalue weighted by Crippen LogP contribution is 2.32. The Balaban J connectivity index is 2.72. The third kappa shape index (κ3) is 2.44. The van der Waals surface area contributed by atoms with Gasteiger partial charge in [-0.1, -0.05) is 0 Å². The minimum absolute atomic E-state index is 0.0668. The van der Waals surface area contributed by atoms with Crippen molar-refractivity contribution in [3.05, 3.63) is 0 Å². The number of alkyl halides is 2. The van der Waals surface area contributed by atoms with Gasteiger partial charge in [0.25, 0.3) is 0 Å². The van der Waals surface area contributed by atoms with Crippen LogP contribution in [0.1, 0.15) is 19.3 Å². The van der Waals surface area contributed by atoms with E-state index in [9.17, 15) is 14.0 Å². The lowest BCUT2D eigenvalue weighted by molar-refractivity contribution is -0.149. The van der Waals surface area contributed by atoms with Gasteiger partial charge < -0.3 is 5.11 Å². The quantitative estimate of drug-likeness (QED) is 0.739. The molecule has 5 heteroatoms. The van der Waals surface area contributed by atoms with Crippen molar-refractivity contribution in [3.8, 4) is 0 Å². The average Bonchev–Trinajstić information content (AvgIpc) is 2.16. The molecule has 14 heavy (non-hydrogen) atoms. The van der Waals surface area contributed by atoms with Gasteiger partial charge in [-0.3, -0.25) is 9.59 Å². The molecule has 3 atom stereocenters. The lowest BCUT2D eigenvalue weighted by Crippen LogP contribution is -2.36. The maximum Gasteiger partial charge on any atom is 0.307 e. The number of carboxylic acid groups (broad SMARTS) is 1. The molecule has 0 aliphatic heterocycles. The standard InChI is InChI=1S/C9H12ClFO3/c10-4-8(12)6-2-1-5(11)3-7(6)9(13)14/h5-7H,1-4H2,(H,13,14). The van der Waals surface area contributed by atoms with E-state index in [4.69, 9.17) is 16.7 Å². The largest absolute Gasteiger partial charge is 0.481 e. The molecule has 1 aliphatic carbocycles. The van der Waals surface area contributed by atoms with Crippen molar-refractivity contribution in [2.75, 3.05) is 5.88 Å². The van der Waals surface area contributed by atoms with Gasteiger partial charge in [0.05, 0.1) is 11.8 Å². The van der Waals surface area contributed by atoms with Crippen molar-refractivity contribution in [1.29, 1.82) is 0 Å². The number of ketones is 1. The third-order valence-electron chi connectivity index (χ3n) is 2.65. The van der Waals surface area contributed by atoms with E-state index >= 15 is 0 Å². The fourth-order valence-corrected chi connectivity index (χ4v) is 2.07. The predicted octanol–water partition coefficient (Wildman–Crippen LogP) is 1.63. The average molecular weight is 223 g/mol. The molecule has 3 unspecified atom stereocenters. The van der Waals surface area contributed by atoms with Crippen LogP contribution in [0.25, 0.3) is 0 Å². The molecule has 1 saturated carbocycles. The monoisotopic (exact) mass is 222 g/mol. The second kappa shape index (κ2) is 4.73. The first-order chi connectivity index (χ1) is 6.56. The van der Waals surface area contributed by atoms with Crippen LogP contribution >= 0.6 is 11.6 Å². The highest BCUT2D eigenvalue weighted by molar-refractivity contribution is 6.28. The van der Waals surface area contributed by atoms with Crippen LogP contribution < -0.4 is 0 Å². The maximum absolute atomic E-state index is 12.9. The number of aliphatic carboxylic acids is 1. The van der Waals surface area contributed by atoms with Crippen LogP contribution in [0.4, 0.5) is 4.39 Å². The van der Waals surface area contributed by atoms with E-state index in [0.29, 0.717) is 6.42 Å².